The number of fused-ring (bicyclic) bond motifs is 2. The predicted molar refractivity (Wildman–Crippen MR) is 132 cm³/mol. The Morgan fingerprint density at radius 1 is 0.846 bits per heavy atom. The van der Waals surface area contributed by atoms with Gasteiger partial charge in [0.2, 0.25) is 0 Å². The van der Waals surface area contributed by atoms with Crippen LogP contribution in [0.15, 0.2) is 48.5 Å². The quantitative estimate of drug-likeness (QED) is 0.249. The van der Waals surface area contributed by atoms with Crippen LogP contribution in [0, 0.1) is 11.6 Å². The van der Waals surface area contributed by atoms with Crippen molar-refractivity contribution in [3.8, 4) is 0 Å². The largest absolute Gasteiger partial charge is 0.447 e. The molecule has 0 N–H and O–H groups in total. The van der Waals surface area contributed by atoms with Gasteiger partial charge in [-0.15, -0.1) is 0 Å². The van der Waals surface area contributed by atoms with Gasteiger partial charge in [0.1, 0.15) is 17.7 Å². The van der Waals surface area contributed by atoms with Crippen molar-refractivity contribution >= 4 is 18.0 Å². The minimum Gasteiger partial charge on any atom is -0.434 e. The van der Waals surface area contributed by atoms with E-state index in [1.54, 1.807) is 24.3 Å². The van der Waals surface area contributed by atoms with Crippen LogP contribution in [-0.4, -0.2) is 66.1 Å². The molecule has 3 heterocycles. The lowest BCUT2D eigenvalue weighted by molar-refractivity contribution is -0.251. The Hall–Kier alpha value is -3.57. The second kappa shape index (κ2) is 11.7. The topological polar surface area (TPSA) is 94.6 Å². The molecule has 2 aromatic carbocycles. The van der Waals surface area contributed by atoms with Gasteiger partial charge in [0.25, 0.3) is 6.23 Å². The van der Waals surface area contributed by atoms with E-state index >= 15 is 0 Å². The third-order valence-corrected chi connectivity index (χ3v) is 7.40. The van der Waals surface area contributed by atoms with Gasteiger partial charge in [0, 0.05) is 32.5 Å². The maximum absolute atomic E-state index is 13.4. The number of esters is 1. The van der Waals surface area contributed by atoms with E-state index in [1.165, 1.54) is 24.3 Å². The van der Waals surface area contributed by atoms with Crippen molar-refractivity contribution in [2.24, 2.45) is 0 Å². The van der Waals surface area contributed by atoms with Crippen LogP contribution in [0.25, 0.3) is 0 Å². The van der Waals surface area contributed by atoms with Crippen LogP contribution in [0.2, 0.25) is 0 Å². The summed E-state index contributed by atoms with van der Waals surface area (Å²) in [7, 11) is 0. The molecular weight excluding hydrogens is 514 g/mol. The van der Waals surface area contributed by atoms with Crippen LogP contribution in [0.5, 0.6) is 0 Å². The smallest absolute Gasteiger partial charge is 0.434 e. The molecule has 0 radical (unpaired) electrons. The van der Waals surface area contributed by atoms with Gasteiger partial charge in [-0.25, -0.2) is 23.2 Å². The van der Waals surface area contributed by atoms with Crippen molar-refractivity contribution in [2.45, 2.75) is 56.5 Å². The van der Waals surface area contributed by atoms with Gasteiger partial charge in [-0.1, -0.05) is 42.2 Å². The Balaban J connectivity index is 1.03. The Kier molecular flexibility index (Phi) is 8.08. The first-order valence-electron chi connectivity index (χ1n) is 13.1. The van der Waals surface area contributed by atoms with E-state index in [2.05, 4.69) is 4.90 Å². The number of hydrogen-bond donors (Lipinski definition) is 0. The molecule has 0 bridgehead atoms. The van der Waals surface area contributed by atoms with E-state index < -0.39 is 36.0 Å². The lowest BCUT2D eigenvalue weighted by atomic mass is 9.89. The average molecular weight is 545 g/mol. The normalized spacial score (nSPS) is 20.6. The molecule has 1 atom stereocenters. The molecule has 1 spiro atoms. The van der Waals surface area contributed by atoms with Crippen LogP contribution in [0.4, 0.5) is 13.6 Å². The number of likely N-dealkylation sites (tertiary alicyclic amines) is 1. The predicted octanol–water partition coefficient (Wildman–Crippen LogP) is 4.26. The minimum absolute atomic E-state index is 0.324. The molecule has 39 heavy (non-hydrogen) atoms. The molecule has 0 aromatic heterocycles. The number of hydrogen-bond acceptors (Lipinski definition) is 8. The van der Waals surface area contributed by atoms with E-state index in [-0.39, 0.29) is 11.6 Å². The van der Waals surface area contributed by atoms with Gasteiger partial charge in [-0.05, 0) is 54.8 Å². The number of hydroxylamine groups is 2. The minimum atomic E-state index is -1.23. The maximum atomic E-state index is 13.4. The molecule has 3 aliphatic heterocycles. The molecule has 3 fully saturated rings. The fraction of sp³-hybridized carbons (Fsp3) is 0.464. The van der Waals surface area contributed by atoms with E-state index in [4.69, 9.17) is 19.0 Å². The standard InChI is InChI=1S/C28H30F2N2O7/c29-21-9-5-19(6-10-21)23(20-7-11-22(30)12-8-20)36-18-4-2-1-3-15-31-16-13-28(14-17-31)26-32(27(35)38-28)39-25(34)24(33)37-26/h5-12,23,26H,1-4,13-18H2. The Morgan fingerprint density at radius 2 is 1.44 bits per heavy atom. The molecule has 2 aromatic rings. The number of ether oxygens (including phenoxy) is 3. The second-order valence-electron chi connectivity index (χ2n) is 10.0. The SMILES string of the molecule is O=C1OC2N(OC1=O)C(=O)OC21CCN(CCCCCCOC(c2ccc(F)cc2)c2ccc(F)cc2)CC1. The lowest BCUT2D eigenvalue weighted by Crippen LogP contribution is -2.57. The summed E-state index contributed by atoms with van der Waals surface area (Å²) in [5, 5.41) is 0.720. The first-order valence-corrected chi connectivity index (χ1v) is 13.1. The molecule has 5 rings (SSSR count). The van der Waals surface area contributed by atoms with Crippen molar-refractivity contribution in [1.82, 2.24) is 9.96 Å². The number of carbonyl (C=O) groups is 3. The van der Waals surface area contributed by atoms with E-state index in [0.29, 0.717) is 32.5 Å². The van der Waals surface area contributed by atoms with Gasteiger partial charge in [0.05, 0.1) is 0 Å². The summed E-state index contributed by atoms with van der Waals surface area (Å²) in [6.07, 6.45) is 2.45. The second-order valence-corrected chi connectivity index (χ2v) is 10.0. The van der Waals surface area contributed by atoms with E-state index in [1.807, 2.05) is 0 Å². The number of nitrogens with zero attached hydrogens (tertiary/aromatic N) is 2. The molecule has 0 aliphatic carbocycles. The molecule has 3 aliphatic rings. The fourth-order valence-electron chi connectivity index (χ4n) is 5.25. The number of carbonyl (C=O) groups excluding carboxylic acids is 3. The van der Waals surface area contributed by atoms with Crippen LogP contribution < -0.4 is 0 Å². The van der Waals surface area contributed by atoms with Gasteiger partial charge in [-0.3, -0.25) is 0 Å². The van der Waals surface area contributed by atoms with Crippen molar-refractivity contribution < 1.29 is 42.2 Å². The zero-order valence-electron chi connectivity index (χ0n) is 21.4. The van der Waals surface area contributed by atoms with Crippen molar-refractivity contribution in [3.63, 3.8) is 0 Å². The Morgan fingerprint density at radius 3 is 2.05 bits per heavy atom. The Labute approximate surface area is 224 Å². The highest BCUT2D eigenvalue weighted by atomic mass is 19.1. The molecule has 11 heteroatoms. The van der Waals surface area contributed by atoms with Gasteiger partial charge in [-0.2, -0.15) is 0 Å². The number of unbranched alkanes of at least 4 members (excludes halogenated alkanes) is 3. The van der Waals surface area contributed by atoms with Crippen LogP contribution in [0.3, 0.4) is 0 Å². The third-order valence-electron chi connectivity index (χ3n) is 7.40. The highest BCUT2D eigenvalue weighted by Crippen LogP contribution is 2.41. The van der Waals surface area contributed by atoms with Crippen LogP contribution >= 0.6 is 0 Å². The summed E-state index contributed by atoms with van der Waals surface area (Å²) in [4.78, 5) is 42.2. The summed E-state index contributed by atoms with van der Waals surface area (Å²) < 4.78 is 43.6. The number of amides is 1. The van der Waals surface area contributed by atoms with Gasteiger partial charge < -0.3 is 23.9 Å². The zero-order valence-corrected chi connectivity index (χ0v) is 21.4. The van der Waals surface area contributed by atoms with Gasteiger partial charge in [0.15, 0.2) is 5.60 Å². The van der Waals surface area contributed by atoms with E-state index in [0.717, 1.165) is 48.4 Å². The molecule has 1 amide bonds. The molecule has 9 nitrogen and oxygen atoms in total. The first-order chi connectivity index (χ1) is 18.8. The molecule has 1 unspecified atom stereocenters. The maximum Gasteiger partial charge on any atom is 0.447 e. The molecule has 208 valence electrons. The molecular formula is C28H30F2N2O7. The van der Waals surface area contributed by atoms with E-state index in [9.17, 15) is 23.2 Å². The monoisotopic (exact) mass is 544 g/mol. The fourth-order valence-corrected chi connectivity index (χ4v) is 5.25. The number of benzene rings is 2. The summed E-state index contributed by atoms with van der Waals surface area (Å²) in [5.74, 6) is -3.00. The summed E-state index contributed by atoms with van der Waals surface area (Å²) >= 11 is 0. The molecule has 3 saturated heterocycles. The van der Waals surface area contributed by atoms with Crippen molar-refractivity contribution in [2.75, 3.05) is 26.2 Å². The van der Waals surface area contributed by atoms with Gasteiger partial charge >= 0.3 is 18.0 Å². The number of piperidine rings is 1. The highest BCUT2D eigenvalue weighted by molar-refractivity contribution is 6.30. The van der Waals surface area contributed by atoms with Crippen molar-refractivity contribution in [3.05, 3.63) is 71.3 Å². The molecule has 0 saturated carbocycles. The Bertz CT molecular complexity index is 1140. The number of rotatable bonds is 10. The summed E-state index contributed by atoms with van der Waals surface area (Å²) in [5.41, 5.74) is 0.610. The average Bonchev–Trinajstić information content (AvgIpc) is 3.18. The first kappa shape index (κ1) is 27.0. The zero-order chi connectivity index (χ0) is 27.4. The highest BCUT2D eigenvalue weighted by Gasteiger charge is 2.62. The van der Waals surface area contributed by atoms with Crippen LogP contribution in [-0.2, 0) is 28.6 Å². The number of halogens is 2. The van der Waals surface area contributed by atoms with Crippen LogP contribution in [0.1, 0.15) is 55.8 Å². The lowest BCUT2D eigenvalue weighted by Gasteiger charge is -2.40. The van der Waals surface area contributed by atoms with Crippen molar-refractivity contribution in [1.29, 1.82) is 0 Å². The third kappa shape index (κ3) is 6.04. The summed E-state index contributed by atoms with van der Waals surface area (Å²) in [6.45, 7) is 2.70. The summed E-state index contributed by atoms with van der Waals surface area (Å²) in [6, 6.07) is 12.3.